The fourth-order valence-electron chi connectivity index (χ4n) is 0.793. The Kier molecular flexibility index (Phi) is 9.87. The molecule has 0 aliphatic heterocycles. The number of hydrogen-bond acceptors (Lipinski definition) is 3. The van der Waals surface area contributed by atoms with Crippen molar-refractivity contribution in [1.82, 2.24) is 0 Å². The van der Waals surface area contributed by atoms with Gasteiger partial charge in [0.05, 0.1) is 0 Å². The minimum atomic E-state index is -0.805. The fraction of sp³-hybridized carbons (Fsp3) is 0.267. The average Bonchev–Trinajstić information content (AvgIpc) is 2.34. The Bertz CT molecular complexity index is 448. The van der Waals surface area contributed by atoms with Crippen molar-refractivity contribution in [1.29, 1.82) is 0 Å². The Morgan fingerprint density at radius 2 is 1.94 bits per heavy atom. The summed E-state index contributed by atoms with van der Waals surface area (Å²) in [5, 5.41) is 9.33. The average molecular weight is 244 g/mol. The van der Waals surface area contributed by atoms with E-state index < -0.39 is 12.1 Å². The summed E-state index contributed by atoms with van der Waals surface area (Å²) < 4.78 is 4.62. The van der Waals surface area contributed by atoms with Crippen molar-refractivity contribution in [3.8, 4) is 23.7 Å². The van der Waals surface area contributed by atoms with E-state index in [2.05, 4.69) is 28.4 Å². The molecule has 0 aromatic carbocycles. The van der Waals surface area contributed by atoms with Gasteiger partial charge in [0.25, 0.3) is 0 Å². The van der Waals surface area contributed by atoms with Gasteiger partial charge in [-0.2, -0.15) is 0 Å². The Morgan fingerprint density at radius 1 is 1.28 bits per heavy atom. The number of carbonyl (C=O) groups is 1. The summed E-state index contributed by atoms with van der Waals surface area (Å²) in [6.07, 6.45) is 9.15. The van der Waals surface area contributed by atoms with Gasteiger partial charge in [0.1, 0.15) is 12.7 Å². The number of allylic oxidation sites excluding steroid dienone is 5. The zero-order chi connectivity index (χ0) is 13.6. The van der Waals surface area contributed by atoms with Gasteiger partial charge in [0, 0.05) is 6.92 Å². The maximum Gasteiger partial charge on any atom is 0.302 e. The van der Waals surface area contributed by atoms with E-state index in [4.69, 9.17) is 0 Å². The molecular weight excluding hydrogens is 228 g/mol. The second-order valence-corrected chi connectivity index (χ2v) is 3.15. The predicted molar refractivity (Wildman–Crippen MR) is 71.3 cm³/mol. The van der Waals surface area contributed by atoms with E-state index in [0.717, 1.165) is 0 Å². The van der Waals surface area contributed by atoms with Crippen LogP contribution in [0.5, 0.6) is 0 Å². The van der Waals surface area contributed by atoms with E-state index in [1.54, 1.807) is 24.3 Å². The number of esters is 1. The van der Waals surface area contributed by atoms with Gasteiger partial charge in [-0.3, -0.25) is 4.79 Å². The van der Waals surface area contributed by atoms with Crippen LogP contribution in [0.25, 0.3) is 0 Å². The normalized spacial score (nSPS) is 11.9. The van der Waals surface area contributed by atoms with Gasteiger partial charge in [-0.25, -0.2) is 0 Å². The summed E-state index contributed by atoms with van der Waals surface area (Å²) in [6, 6.07) is 0. The number of aliphatic hydroxyl groups is 1. The molecule has 3 heteroatoms. The lowest BCUT2D eigenvalue weighted by atomic mass is 10.3. The maximum absolute atomic E-state index is 10.5. The highest BCUT2D eigenvalue weighted by Gasteiger charge is 1.99. The third-order valence-corrected chi connectivity index (χ3v) is 1.54. The number of carbonyl (C=O) groups excluding carboxylic acids is 1. The summed E-state index contributed by atoms with van der Waals surface area (Å²) >= 11 is 0. The van der Waals surface area contributed by atoms with E-state index in [0.29, 0.717) is 0 Å². The minimum absolute atomic E-state index is 0.0415. The van der Waals surface area contributed by atoms with Crippen molar-refractivity contribution in [2.75, 3.05) is 6.61 Å². The molecule has 18 heavy (non-hydrogen) atoms. The van der Waals surface area contributed by atoms with Gasteiger partial charge in [0.2, 0.25) is 0 Å². The lowest BCUT2D eigenvalue weighted by Gasteiger charge is -2.03. The lowest BCUT2D eigenvalue weighted by molar-refractivity contribution is -0.143. The fourth-order valence-corrected chi connectivity index (χ4v) is 0.793. The van der Waals surface area contributed by atoms with Gasteiger partial charge in [-0.05, 0) is 30.9 Å². The van der Waals surface area contributed by atoms with Crippen LogP contribution in [0.3, 0.4) is 0 Å². The van der Waals surface area contributed by atoms with Crippen molar-refractivity contribution in [3.05, 3.63) is 36.5 Å². The SMILES string of the molecule is C/C=C/C#CC#C/C=C/C=C/C(O)COC(C)=O. The molecule has 0 aliphatic carbocycles. The summed E-state index contributed by atoms with van der Waals surface area (Å²) in [5.41, 5.74) is 0. The molecule has 0 radical (unpaired) electrons. The molecule has 3 nitrogen and oxygen atoms in total. The van der Waals surface area contributed by atoms with Crippen LogP contribution in [-0.4, -0.2) is 23.8 Å². The first-order valence-electron chi connectivity index (χ1n) is 5.43. The van der Waals surface area contributed by atoms with Crippen LogP contribution < -0.4 is 0 Å². The Hall–Kier alpha value is -2.23. The molecule has 0 aliphatic rings. The van der Waals surface area contributed by atoms with E-state index in [1.807, 2.05) is 13.0 Å². The van der Waals surface area contributed by atoms with Crippen LogP contribution in [0.1, 0.15) is 13.8 Å². The summed E-state index contributed by atoms with van der Waals surface area (Å²) in [4.78, 5) is 10.5. The molecule has 1 atom stereocenters. The van der Waals surface area contributed by atoms with Crippen molar-refractivity contribution in [2.24, 2.45) is 0 Å². The quantitative estimate of drug-likeness (QED) is 0.464. The van der Waals surface area contributed by atoms with Gasteiger partial charge in [-0.15, -0.1) is 0 Å². The van der Waals surface area contributed by atoms with E-state index in [9.17, 15) is 9.90 Å². The molecular formula is C15H16O3. The molecule has 0 saturated heterocycles. The zero-order valence-corrected chi connectivity index (χ0v) is 10.5. The monoisotopic (exact) mass is 244 g/mol. The number of hydrogen-bond donors (Lipinski definition) is 1. The van der Waals surface area contributed by atoms with E-state index in [-0.39, 0.29) is 6.61 Å². The first kappa shape index (κ1) is 15.8. The number of aliphatic hydroxyl groups excluding tert-OH is 1. The molecule has 1 N–H and O–H groups in total. The Balaban J connectivity index is 3.94. The molecule has 0 spiro atoms. The highest BCUT2D eigenvalue weighted by molar-refractivity contribution is 5.65. The molecule has 0 aromatic rings. The second-order valence-electron chi connectivity index (χ2n) is 3.15. The first-order valence-corrected chi connectivity index (χ1v) is 5.43. The van der Waals surface area contributed by atoms with Gasteiger partial charge in [-0.1, -0.05) is 36.1 Å². The van der Waals surface area contributed by atoms with Crippen molar-refractivity contribution < 1.29 is 14.6 Å². The molecule has 0 aromatic heterocycles. The van der Waals surface area contributed by atoms with Crippen molar-refractivity contribution >= 4 is 5.97 Å². The number of rotatable bonds is 4. The number of ether oxygens (including phenoxy) is 1. The third-order valence-electron chi connectivity index (χ3n) is 1.54. The molecule has 0 bridgehead atoms. The second kappa shape index (κ2) is 11.3. The summed E-state index contributed by atoms with van der Waals surface area (Å²) in [5.74, 6) is 10.3. The highest BCUT2D eigenvalue weighted by Crippen LogP contribution is 1.89. The topological polar surface area (TPSA) is 46.5 Å². The smallest absolute Gasteiger partial charge is 0.302 e. The van der Waals surface area contributed by atoms with Gasteiger partial charge >= 0.3 is 5.97 Å². The molecule has 0 fully saturated rings. The predicted octanol–water partition coefficient (Wildman–Crippen LogP) is 1.61. The van der Waals surface area contributed by atoms with Crippen molar-refractivity contribution in [2.45, 2.75) is 20.0 Å². The highest BCUT2D eigenvalue weighted by atomic mass is 16.5. The summed E-state index contributed by atoms with van der Waals surface area (Å²) in [7, 11) is 0. The first-order chi connectivity index (χ1) is 8.66. The van der Waals surface area contributed by atoms with Crippen LogP contribution >= 0.6 is 0 Å². The van der Waals surface area contributed by atoms with Gasteiger partial charge in [0.15, 0.2) is 0 Å². The van der Waals surface area contributed by atoms with E-state index >= 15 is 0 Å². The Morgan fingerprint density at radius 3 is 2.56 bits per heavy atom. The third kappa shape index (κ3) is 11.8. The van der Waals surface area contributed by atoms with Crippen LogP contribution in [-0.2, 0) is 9.53 Å². The van der Waals surface area contributed by atoms with Gasteiger partial charge < -0.3 is 9.84 Å². The van der Waals surface area contributed by atoms with Crippen LogP contribution in [0.4, 0.5) is 0 Å². The maximum atomic E-state index is 10.5. The largest absolute Gasteiger partial charge is 0.463 e. The molecule has 0 rings (SSSR count). The molecule has 0 heterocycles. The van der Waals surface area contributed by atoms with Crippen LogP contribution in [0.2, 0.25) is 0 Å². The minimum Gasteiger partial charge on any atom is -0.463 e. The van der Waals surface area contributed by atoms with Crippen LogP contribution in [0.15, 0.2) is 36.5 Å². The zero-order valence-electron chi connectivity index (χ0n) is 10.5. The molecule has 94 valence electrons. The van der Waals surface area contributed by atoms with Crippen LogP contribution in [0, 0.1) is 23.7 Å². The Labute approximate surface area is 108 Å². The summed E-state index contributed by atoms with van der Waals surface area (Å²) in [6.45, 7) is 3.13. The lowest BCUT2D eigenvalue weighted by Crippen LogP contribution is -2.14. The standard InChI is InChI=1S/C15H16O3/c1-3-4-5-6-7-8-9-10-11-12-15(17)13-18-14(2)16/h3-4,9-12,15,17H,13H2,1-2H3/b4-3+,10-9+,12-11+. The molecule has 0 saturated carbocycles. The van der Waals surface area contributed by atoms with E-state index in [1.165, 1.54) is 13.0 Å². The molecule has 0 amide bonds. The molecule has 1 unspecified atom stereocenters. The van der Waals surface area contributed by atoms with Crippen molar-refractivity contribution in [3.63, 3.8) is 0 Å².